The first kappa shape index (κ1) is 18.1. The highest BCUT2D eigenvalue weighted by Crippen LogP contribution is 2.70. The van der Waals surface area contributed by atoms with Gasteiger partial charge in [0.25, 0.3) is 5.91 Å². The predicted molar refractivity (Wildman–Crippen MR) is 104 cm³/mol. The van der Waals surface area contributed by atoms with Crippen molar-refractivity contribution in [2.75, 3.05) is 5.75 Å². The van der Waals surface area contributed by atoms with E-state index >= 15 is 0 Å². The van der Waals surface area contributed by atoms with Crippen LogP contribution in [0.5, 0.6) is 0 Å². The summed E-state index contributed by atoms with van der Waals surface area (Å²) in [7, 11) is -3.56. The fourth-order valence-corrected chi connectivity index (χ4v) is 10.8. The first-order valence-corrected chi connectivity index (χ1v) is 12.8. The first-order valence-electron chi connectivity index (χ1n) is 11.2. The lowest BCUT2D eigenvalue weighted by Gasteiger charge is -2.38. The smallest absolute Gasteiger partial charge is 0.256 e. The molecule has 0 N–H and O–H groups in total. The molecule has 6 nitrogen and oxygen atoms in total. The summed E-state index contributed by atoms with van der Waals surface area (Å²) in [5.41, 5.74) is -0.284. The predicted octanol–water partition coefficient (Wildman–Crippen LogP) is 2.83. The third-order valence-corrected chi connectivity index (χ3v) is 11.7. The van der Waals surface area contributed by atoms with Gasteiger partial charge in [0.2, 0.25) is 10.0 Å². The lowest BCUT2D eigenvalue weighted by Crippen LogP contribution is -2.53. The van der Waals surface area contributed by atoms with E-state index in [0.717, 1.165) is 51.4 Å². The summed E-state index contributed by atoms with van der Waals surface area (Å²) in [5, 5.41) is 1.97. The zero-order valence-electron chi connectivity index (χ0n) is 17.0. The monoisotopic (exact) mass is 408 g/mol. The molecular weight excluding hydrogens is 376 g/mol. The van der Waals surface area contributed by atoms with Crippen LogP contribution in [0.2, 0.25) is 0 Å². The molecule has 0 aromatic carbocycles. The van der Waals surface area contributed by atoms with Crippen molar-refractivity contribution in [2.24, 2.45) is 16.7 Å². The molecule has 1 amide bonds. The largest absolute Gasteiger partial charge is 0.294 e. The average molecular weight is 409 g/mol. The third-order valence-electron chi connectivity index (χ3n) is 9.84. The second kappa shape index (κ2) is 5.33. The number of hydroxylamine groups is 2. The normalized spacial score (nSPS) is 50.6. The molecular formula is C21H32N2O4S. The SMILES string of the molecule is CC1(C)[C@@H]2CC[C@]13CS(=O)(=O)N(C(=O)[C@H]1CC[C@]45CCCC[C@H](C4)ON15)[C@@H]3C2. The van der Waals surface area contributed by atoms with E-state index in [1.807, 2.05) is 5.06 Å². The Morgan fingerprint density at radius 2 is 1.89 bits per heavy atom. The highest BCUT2D eigenvalue weighted by molar-refractivity contribution is 7.90. The minimum absolute atomic E-state index is 0.00469. The van der Waals surface area contributed by atoms with Gasteiger partial charge in [-0.2, -0.15) is 5.06 Å². The van der Waals surface area contributed by atoms with Gasteiger partial charge in [-0.3, -0.25) is 9.63 Å². The van der Waals surface area contributed by atoms with Crippen LogP contribution in [0.25, 0.3) is 0 Å². The Hall–Kier alpha value is -0.660. The molecule has 6 fully saturated rings. The number of sulfonamides is 1. The van der Waals surface area contributed by atoms with Crippen LogP contribution in [-0.4, -0.2) is 53.2 Å². The lowest BCUT2D eigenvalue weighted by molar-refractivity contribution is -0.204. The van der Waals surface area contributed by atoms with Crippen LogP contribution in [-0.2, 0) is 19.7 Å². The van der Waals surface area contributed by atoms with E-state index in [2.05, 4.69) is 13.8 Å². The van der Waals surface area contributed by atoms with Gasteiger partial charge in [0.05, 0.1) is 17.9 Å². The van der Waals surface area contributed by atoms with Crippen LogP contribution in [0.3, 0.4) is 0 Å². The molecule has 0 radical (unpaired) electrons. The minimum atomic E-state index is -3.56. The molecule has 156 valence electrons. The number of carbonyl (C=O) groups excluding carboxylic acids is 1. The fourth-order valence-electron chi connectivity index (χ4n) is 8.23. The summed E-state index contributed by atoms with van der Waals surface area (Å²) in [5.74, 6) is 0.485. The van der Waals surface area contributed by atoms with Crippen molar-refractivity contribution >= 4 is 15.9 Å². The fraction of sp³-hybridized carbons (Fsp3) is 0.952. The molecule has 4 bridgehead atoms. The molecule has 7 heteroatoms. The van der Waals surface area contributed by atoms with Crippen molar-refractivity contribution in [1.82, 2.24) is 9.37 Å². The second-order valence-corrected chi connectivity index (χ2v) is 12.9. The van der Waals surface area contributed by atoms with E-state index in [1.54, 1.807) is 0 Å². The van der Waals surface area contributed by atoms with Gasteiger partial charge in [-0.25, -0.2) is 12.7 Å². The standard InChI is InChI=1S/C21H32N2O4S/c1-19(2)14-6-10-21(19)13-28(25,26)22(17(21)11-14)18(24)16-7-9-20-8-4-3-5-15(12-20)27-23(16)20/h14-17H,3-13H2,1-2H3/t14-,15-,16-,17-,20-,21-/m1/s1. The topological polar surface area (TPSA) is 66.9 Å². The van der Waals surface area contributed by atoms with Crippen molar-refractivity contribution < 1.29 is 18.0 Å². The van der Waals surface area contributed by atoms with Crippen molar-refractivity contribution in [3.8, 4) is 0 Å². The Morgan fingerprint density at radius 3 is 2.68 bits per heavy atom. The van der Waals surface area contributed by atoms with Crippen LogP contribution in [0.15, 0.2) is 0 Å². The van der Waals surface area contributed by atoms with Gasteiger partial charge in [-0.05, 0) is 62.7 Å². The number of rotatable bonds is 1. The molecule has 28 heavy (non-hydrogen) atoms. The van der Waals surface area contributed by atoms with Crippen LogP contribution in [0.4, 0.5) is 0 Å². The molecule has 0 aromatic heterocycles. The lowest BCUT2D eigenvalue weighted by atomic mass is 9.69. The molecule has 6 rings (SSSR count). The number of nitrogens with zero attached hydrogens (tertiary/aromatic N) is 2. The van der Waals surface area contributed by atoms with E-state index in [4.69, 9.17) is 4.84 Å². The van der Waals surface area contributed by atoms with Crippen molar-refractivity contribution in [2.45, 2.75) is 102 Å². The maximum Gasteiger partial charge on any atom is 0.256 e. The van der Waals surface area contributed by atoms with Crippen LogP contribution in [0, 0.1) is 16.7 Å². The summed E-state index contributed by atoms with van der Waals surface area (Å²) >= 11 is 0. The van der Waals surface area contributed by atoms with E-state index in [1.165, 1.54) is 17.1 Å². The van der Waals surface area contributed by atoms with Gasteiger partial charge in [-0.1, -0.05) is 26.7 Å². The summed E-state index contributed by atoms with van der Waals surface area (Å²) in [6.07, 6.45) is 10.3. The Labute approximate surface area is 168 Å². The van der Waals surface area contributed by atoms with Gasteiger partial charge in [-0.15, -0.1) is 0 Å². The Balaban J connectivity index is 1.34. The molecule has 6 atom stereocenters. The zero-order valence-corrected chi connectivity index (χ0v) is 17.8. The molecule has 3 saturated heterocycles. The number of fused-ring (bicyclic) bond motifs is 2. The van der Waals surface area contributed by atoms with Crippen molar-refractivity contribution in [3.05, 3.63) is 0 Å². The average Bonchev–Trinajstić information content (AvgIpc) is 3.24. The summed E-state index contributed by atoms with van der Waals surface area (Å²) in [4.78, 5) is 20.0. The van der Waals surface area contributed by atoms with Crippen molar-refractivity contribution in [1.29, 1.82) is 0 Å². The molecule has 2 spiro atoms. The Kier molecular flexibility index (Phi) is 3.45. The molecule has 0 aromatic rings. The quantitative estimate of drug-likeness (QED) is 0.667. The van der Waals surface area contributed by atoms with Crippen LogP contribution >= 0.6 is 0 Å². The summed E-state index contributed by atoms with van der Waals surface area (Å²) < 4.78 is 27.9. The van der Waals surface area contributed by atoms with Crippen molar-refractivity contribution in [3.63, 3.8) is 0 Å². The highest BCUT2D eigenvalue weighted by Gasteiger charge is 2.73. The number of carbonyl (C=O) groups is 1. The molecule has 3 aliphatic carbocycles. The van der Waals surface area contributed by atoms with E-state index in [9.17, 15) is 13.2 Å². The van der Waals surface area contributed by atoms with E-state index in [0.29, 0.717) is 5.92 Å². The third kappa shape index (κ3) is 1.97. The van der Waals surface area contributed by atoms with Gasteiger partial charge < -0.3 is 0 Å². The Bertz CT molecular complexity index is 841. The van der Waals surface area contributed by atoms with Gasteiger partial charge in [0.1, 0.15) is 6.04 Å². The van der Waals surface area contributed by atoms with Crippen LogP contribution in [0.1, 0.15) is 78.1 Å². The van der Waals surface area contributed by atoms with E-state index < -0.39 is 16.1 Å². The maximum atomic E-state index is 13.7. The zero-order chi connectivity index (χ0) is 19.5. The maximum absolute atomic E-state index is 13.7. The highest BCUT2D eigenvalue weighted by atomic mass is 32.2. The number of amides is 1. The first-order chi connectivity index (χ1) is 13.2. The summed E-state index contributed by atoms with van der Waals surface area (Å²) in [6.45, 7) is 4.46. The molecule has 6 aliphatic rings. The van der Waals surface area contributed by atoms with Crippen LogP contribution < -0.4 is 0 Å². The van der Waals surface area contributed by atoms with E-state index in [-0.39, 0.29) is 40.2 Å². The number of hydrogen-bond acceptors (Lipinski definition) is 5. The number of hydrogen-bond donors (Lipinski definition) is 0. The molecule has 3 saturated carbocycles. The summed E-state index contributed by atoms with van der Waals surface area (Å²) in [6, 6.07) is -0.560. The Morgan fingerprint density at radius 1 is 1.07 bits per heavy atom. The van der Waals surface area contributed by atoms with Gasteiger partial charge in [0.15, 0.2) is 0 Å². The molecule has 3 heterocycles. The molecule has 3 aliphatic heterocycles. The second-order valence-electron chi connectivity index (χ2n) is 11.0. The molecule has 0 unspecified atom stereocenters. The van der Waals surface area contributed by atoms with Gasteiger partial charge >= 0.3 is 0 Å². The van der Waals surface area contributed by atoms with Gasteiger partial charge in [0, 0.05) is 11.0 Å². The minimum Gasteiger partial charge on any atom is -0.294 e.